The largest absolute Gasteiger partial charge is 0.494 e. The van der Waals surface area contributed by atoms with Crippen molar-refractivity contribution < 1.29 is 5.11 Å². The molecule has 0 amide bonds. The first-order valence-electron chi connectivity index (χ1n) is 6.32. The fraction of sp³-hybridized carbons (Fsp3) is 0.286. The number of nitrogens with zero attached hydrogens (tertiary/aromatic N) is 1. The Kier molecular flexibility index (Phi) is 2.94. The van der Waals surface area contributed by atoms with Crippen molar-refractivity contribution >= 4 is 11.6 Å². The number of aromatic amines is 1. The van der Waals surface area contributed by atoms with Crippen molar-refractivity contribution in [1.29, 1.82) is 0 Å². The lowest BCUT2D eigenvalue weighted by molar-refractivity contribution is 0.400. The van der Waals surface area contributed by atoms with E-state index in [-0.39, 0.29) is 17.5 Å². The molecule has 20 heavy (non-hydrogen) atoms. The van der Waals surface area contributed by atoms with Crippen LogP contribution >= 0.6 is 11.6 Å². The summed E-state index contributed by atoms with van der Waals surface area (Å²) in [5, 5.41) is 10.8. The Balaban J connectivity index is 2.26. The predicted molar refractivity (Wildman–Crippen MR) is 76.3 cm³/mol. The van der Waals surface area contributed by atoms with E-state index in [0.717, 1.165) is 6.42 Å². The number of aromatic nitrogens is 2. The highest BCUT2D eigenvalue weighted by atomic mass is 35.5. The minimum atomic E-state index is -0.612. The SMILES string of the molecule is CC1CC1n1c(O)c(-c2cccc(Cl)c2)c(=O)[nH]c1=O. The van der Waals surface area contributed by atoms with Gasteiger partial charge in [0.15, 0.2) is 0 Å². The number of nitrogens with one attached hydrogen (secondary N) is 1. The highest BCUT2D eigenvalue weighted by Gasteiger charge is 2.37. The molecule has 1 aliphatic carbocycles. The number of aromatic hydroxyl groups is 1. The molecule has 1 aliphatic rings. The van der Waals surface area contributed by atoms with Crippen LogP contribution in [0.3, 0.4) is 0 Å². The second-order valence-electron chi connectivity index (χ2n) is 5.12. The van der Waals surface area contributed by atoms with Crippen molar-refractivity contribution in [3.05, 3.63) is 50.1 Å². The molecule has 0 bridgehead atoms. The van der Waals surface area contributed by atoms with Crippen LogP contribution in [0.1, 0.15) is 19.4 Å². The van der Waals surface area contributed by atoms with Gasteiger partial charge < -0.3 is 5.11 Å². The van der Waals surface area contributed by atoms with Crippen molar-refractivity contribution in [3.63, 3.8) is 0 Å². The molecule has 3 rings (SSSR count). The van der Waals surface area contributed by atoms with Crippen LogP contribution in [0.25, 0.3) is 11.1 Å². The summed E-state index contributed by atoms with van der Waals surface area (Å²) in [7, 11) is 0. The highest BCUT2D eigenvalue weighted by Crippen LogP contribution is 2.44. The van der Waals surface area contributed by atoms with E-state index in [4.69, 9.17) is 11.6 Å². The lowest BCUT2D eigenvalue weighted by Crippen LogP contribution is -2.30. The summed E-state index contributed by atoms with van der Waals surface area (Å²) in [6.07, 6.45) is 0.814. The summed E-state index contributed by atoms with van der Waals surface area (Å²) in [4.78, 5) is 26.1. The van der Waals surface area contributed by atoms with Gasteiger partial charge in [0.25, 0.3) is 5.56 Å². The molecule has 5 nitrogen and oxygen atoms in total. The lowest BCUT2D eigenvalue weighted by Gasteiger charge is -2.11. The van der Waals surface area contributed by atoms with Crippen LogP contribution < -0.4 is 11.2 Å². The molecule has 6 heteroatoms. The fourth-order valence-corrected chi connectivity index (χ4v) is 2.60. The minimum absolute atomic E-state index is 0.0581. The Morgan fingerprint density at radius 3 is 2.70 bits per heavy atom. The van der Waals surface area contributed by atoms with E-state index in [2.05, 4.69) is 4.98 Å². The molecule has 1 fully saturated rings. The van der Waals surface area contributed by atoms with Crippen LogP contribution in [0.2, 0.25) is 5.02 Å². The normalized spacial score (nSPS) is 20.9. The van der Waals surface area contributed by atoms with Gasteiger partial charge in [-0.2, -0.15) is 0 Å². The maximum atomic E-state index is 12.0. The summed E-state index contributed by atoms with van der Waals surface area (Å²) in [6.45, 7) is 1.99. The molecular weight excluding hydrogens is 280 g/mol. The molecule has 0 saturated heterocycles. The smallest absolute Gasteiger partial charge is 0.331 e. The van der Waals surface area contributed by atoms with Crippen molar-refractivity contribution in [2.75, 3.05) is 0 Å². The zero-order valence-electron chi connectivity index (χ0n) is 10.8. The van der Waals surface area contributed by atoms with Crippen molar-refractivity contribution in [3.8, 4) is 17.0 Å². The third-order valence-electron chi connectivity index (χ3n) is 3.63. The lowest BCUT2D eigenvalue weighted by atomic mass is 10.1. The molecule has 104 valence electrons. The van der Waals surface area contributed by atoms with Crippen LogP contribution in [-0.2, 0) is 0 Å². The molecule has 1 aromatic heterocycles. The summed E-state index contributed by atoms with van der Waals surface area (Å²) in [5.74, 6) is 0.0204. The van der Waals surface area contributed by atoms with E-state index < -0.39 is 11.2 Å². The van der Waals surface area contributed by atoms with E-state index in [9.17, 15) is 14.7 Å². The van der Waals surface area contributed by atoms with Gasteiger partial charge in [-0.15, -0.1) is 0 Å². The minimum Gasteiger partial charge on any atom is -0.494 e. The van der Waals surface area contributed by atoms with Crippen LogP contribution in [0.4, 0.5) is 0 Å². The summed E-state index contributed by atoms with van der Waals surface area (Å²) >= 11 is 5.91. The van der Waals surface area contributed by atoms with Crippen molar-refractivity contribution in [1.82, 2.24) is 9.55 Å². The molecule has 2 unspecified atom stereocenters. The first kappa shape index (κ1) is 13.0. The number of hydrogen-bond acceptors (Lipinski definition) is 3. The Bertz CT molecular complexity index is 794. The zero-order chi connectivity index (χ0) is 14.4. The quantitative estimate of drug-likeness (QED) is 0.890. The molecule has 1 heterocycles. The van der Waals surface area contributed by atoms with Crippen LogP contribution in [-0.4, -0.2) is 14.7 Å². The number of rotatable bonds is 2. The van der Waals surface area contributed by atoms with E-state index in [0.29, 0.717) is 16.5 Å². The Morgan fingerprint density at radius 2 is 2.10 bits per heavy atom. The molecule has 0 radical (unpaired) electrons. The topological polar surface area (TPSA) is 75.1 Å². The predicted octanol–water partition coefficient (Wildman–Crippen LogP) is 2.14. The van der Waals surface area contributed by atoms with Gasteiger partial charge in [0.2, 0.25) is 5.88 Å². The van der Waals surface area contributed by atoms with E-state index in [1.54, 1.807) is 24.3 Å². The van der Waals surface area contributed by atoms with Gasteiger partial charge in [0, 0.05) is 11.1 Å². The average Bonchev–Trinajstić information content (AvgIpc) is 3.05. The molecule has 1 aromatic carbocycles. The molecule has 1 saturated carbocycles. The highest BCUT2D eigenvalue weighted by molar-refractivity contribution is 6.30. The molecular formula is C14H13ClN2O3. The zero-order valence-corrected chi connectivity index (χ0v) is 11.5. The molecule has 0 spiro atoms. The second-order valence-corrected chi connectivity index (χ2v) is 5.56. The van der Waals surface area contributed by atoms with Crippen molar-refractivity contribution in [2.24, 2.45) is 5.92 Å². The van der Waals surface area contributed by atoms with Crippen LogP contribution in [0, 0.1) is 5.92 Å². The summed E-state index contributed by atoms with van der Waals surface area (Å²) in [6, 6.07) is 6.55. The summed E-state index contributed by atoms with van der Waals surface area (Å²) in [5.41, 5.74) is -0.628. The Morgan fingerprint density at radius 1 is 1.40 bits per heavy atom. The molecule has 0 aliphatic heterocycles. The summed E-state index contributed by atoms with van der Waals surface area (Å²) < 4.78 is 1.25. The second kappa shape index (κ2) is 4.52. The monoisotopic (exact) mass is 292 g/mol. The number of benzene rings is 1. The maximum absolute atomic E-state index is 12.0. The standard InChI is InChI=1S/C14H13ClN2O3/c1-7-5-10(7)17-13(19)11(12(18)16-14(17)20)8-3-2-4-9(15)6-8/h2-4,6-7,10,19H,5H2,1H3,(H,16,18,20). The van der Waals surface area contributed by atoms with Gasteiger partial charge >= 0.3 is 5.69 Å². The molecule has 2 aromatic rings. The van der Waals surface area contributed by atoms with Gasteiger partial charge in [0.1, 0.15) is 5.56 Å². The van der Waals surface area contributed by atoms with E-state index in [1.807, 2.05) is 6.92 Å². The Hall–Kier alpha value is -2.01. The number of hydrogen-bond donors (Lipinski definition) is 2. The third kappa shape index (κ3) is 2.04. The van der Waals surface area contributed by atoms with Gasteiger partial charge in [-0.25, -0.2) is 4.79 Å². The number of H-pyrrole nitrogens is 1. The first-order valence-corrected chi connectivity index (χ1v) is 6.70. The van der Waals surface area contributed by atoms with Crippen molar-refractivity contribution in [2.45, 2.75) is 19.4 Å². The van der Waals surface area contributed by atoms with E-state index in [1.165, 1.54) is 4.57 Å². The van der Waals surface area contributed by atoms with E-state index >= 15 is 0 Å². The number of halogens is 1. The molecule has 2 N–H and O–H groups in total. The first-order chi connectivity index (χ1) is 9.49. The van der Waals surface area contributed by atoms with Gasteiger partial charge in [-0.3, -0.25) is 14.3 Å². The maximum Gasteiger partial charge on any atom is 0.331 e. The molecule has 2 atom stereocenters. The van der Waals surface area contributed by atoms with Gasteiger partial charge in [0.05, 0.1) is 0 Å². The third-order valence-corrected chi connectivity index (χ3v) is 3.87. The average molecular weight is 293 g/mol. The van der Waals surface area contributed by atoms with Crippen LogP contribution in [0.5, 0.6) is 5.88 Å². The van der Waals surface area contributed by atoms with Gasteiger partial charge in [-0.05, 0) is 30.0 Å². The van der Waals surface area contributed by atoms with Crippen LogP contribution in [0.15, 0.2) is 33.9 Å². The fourth-order valence-electron chi connectivity index (χ4n) is 2.41. The Labute approximate surface area is 119 Å². The van der Waals surface area contributed by atoms with Gasteiger partial charge in [-0.1, -0.05) is 30.7 Å².